The number of carboxylic acid groups (broad SMARTS) is 1. The molecule has 4 aromatic rings. The third kappa shape index (κ3) is 10.9. The van der Waals surface area contributed by atoms with E-state index in [-0.39, 0.29) is 106 Å². The zero-order valence-electron chi connectivity index (χ0n) is 40.7. The Labute approximate surface area is 418 Å². The molecule has 19 nitrogen and oxygen atoms in total. The molecule has 2 aromatic heterocycles. The molecule has 20 heteroatoms. The van der Waals surface area contributed by atoms with E-state index in [0.29, 0.717) is 46.4 Å². The first-order chi connectivity index (χ1) is 34.9. The lowest BCUT2D eigenvalue weighted by atomic mass is 9.84. The fourth-order valence-corrected chi connectivity index (χ4v) is 10.0. The smallest absolute Gasteiger partial charge is 0.343 e. The van der Waals surface area contributed by atoms with Crippen LogP contribution in [0, 0.1) is 31.0 Å². The number of rotatable bonds is 21. The fourth-order valence-electron chi connectivity index (χ4n) is 10.0. The number of ketones is 1. The second-order valence-corrected chi connectivity index (χ2v) is 19.0. The summed E-state index contributed by atoms with van der Waals surface area (Å²) in [4.78, 5) is 83.6. The highest BCUT2D eigenvalue weighted by Crippen LogP contribution is 2.44. The summed E-state index contributed by atoms with van der Waals surface area (Å²) in [5.41, 5.74) is 3.85. The number of amides is 1. The quantitative estimate of drug-likeness (QED) is 0.0392. The van der Waals surface area contributed by atoms with Gasteiger partial charge in [0.2, 0.25) is 12.2 Å². The molecule has 3 aliphatic heterocycles. The Kier molecular flexibility index (Phi) is 16.1. The van der Waals surface area contributed by atoms with E-state index < -0.39 is 66.0 Å². The maximum atomic E-state index is 15.2. The molecule has 388 valence electrons. The Morgan fingerprint density at radius 3 is 2.56 bits per heavy atom. The van der Waals surface area contributed by atoms with Gasteiger partial charge in [0, 0.05) is 41.8 Å². The van der Waals surface area contributed by atoms with E-state index in [9.17, 15) is 49.2 Å². The van der Waals surface area contributed by atoms with Gasteiger partial charge in [-0.15, -0.1) is 6.42 Å². The van der Waals surface area contributed by atoms with Crippen LogP contribution < -0.4 is 15.6 Å². The molecule has 4 aliphatic rings. The first kappa shape index (κ1) is 52.7. The molecule has 0 saturated carbocycles. The molecule has 0 spiro atoms. The number of cyclic esters (lactones) is 1. The molecule has 5 unspecified atom stereocenters. The minimum atomic E-state index is -1.98. The van der Waals surface area contributed by atoms with Crippen LogP contribution in [0.4, 0.5) is 10.1 Å². The Morgan fingerprint density at radius 1 is 1.03 bits per heavy atom. The molecule has 1 aliphatic carbocycles. The summed E-state index contributed by atoms with van der Waals surface area (Å²) in [7, 11) is 0. The second kappa shape index (κ2) is 22.3. The molecular weight excluding hydrogens is 954 g/mol. The van der Waals surface area contributed by atoms with Crippen LogP contribution in [0.3, 0.4) is 0 Å². The van der Waals surface area contributed by atoms with Crippen molar-refractivity contribution in [3.8, 4) is 29.5 Å². The molecule has 0 bridgehead atoms. The van der Waals surface area contributed by atoms with E-state index in [2.05, 4.69) is 11.2 Å². The number of carbonyl (C=O) groups is 5. The third-order valence-corrected chi connectivity index (χ3v) is 14.0. The first-order valence-electron chi connectivity index (χ1n) is 24.4. The van der Waals surface area contributed by atoms with Gasteiger partial charge in [-0.2, -0.15) is 0 Å². The lowest BCUT2D eigenvalue weighted by Gasteiger charge is -2.38. The van der Waals surface area contributed by atoms with Crippen LogP contribution in [0.5, 0.6) is 5.75 Å². The third-order valence-electron chi connectivity index (χ3n) is 14.0. The number of aliphatic hydroxyl groups is 3. The van der Waals surface area contributed by atoms with Gasteiger partial charge in [0.15, 0.2) is 11.7 Å². The van der Waals surface area contributed by atoms with E-state index in [4.69, 9.17) is 39.8 Å². The number of aromatic nitrogens is 2. The van der Waals surface area contributed by atoms with Gasteiger partial charge in [0.1, 0.15) is 55.5 Å². The van der Waals surface area contributed by atoms with Crippen molar-refractivity contribution in [2.45, 2.75) is 141 Å². The molecule has 5 N–H and O–H groups in total. The second-order valence-electron chi connectivity index (χ2n) is 19.0. The number of nitrogens with zero attached hydrogens (tertiary/aromatic N) is 2. The summed E-state index contributed by atoms with van der Waals surface area (Å²) in [6.45, 7) is 5.03. The van der Waals surface area contributed by atoms with Crippen LogP contribution in [0.25, 0.3) is 22.3 Å². The van der Waals surface area contributed by atoms with Crippen LogP contribution in [0.15, 0.2) is 35.1 Å². The number of carbonyl (C=O) groups excluding carboxylic acids is 4. The zero-order chi connectivity index (χ0) is 52.3. The number of ether oxygens (including phenoxy) is 6. The van der Waals surface area contributed by atoms with Gasteiger partial charge in [-0.05, 0) is 92.3 Å². The number of halogens is 1. The topological polar surface area (TPSA) is 269 Å². The number of aryl methyl sites for hydroxylation is 2. The number of nitrogens with one attached hydrogen (secondary N) is 1. The summed E-state index contributed by atoms with van der Waals surface area (Å²) >= 11 is 0. The number of fused-ring (bicyclic) bond motifs is 5. The fraction of sp³-hybridized carbons (Fsp3) is 0.491. The predicted molar refractivity (Wildman–Crippen MR) is 256 cm³/mol. The SMILES string of the molecule is C#CCOCCC(=O)CCCC(=O)Nc1cc(COC(=O)CC(CCC)CO[C@]2(C)C(=O)OCc3c2cc2n(c3=O)Cc3c-2nc2cc(F)c(C)c4c2c3CCC4)ccc1OC1OC(C(=O)O)[C@@H](O)C(O)C1O. The number of anilines is 1. The van der Waals surface area contributed by atoms with E-state index in [1.807, 2.05) is 6.92 Å². The van der Waals surface area contributed by atoms with Gasteiger partial charge < -0.3 is 58.7 Å². The molecule has 1 saturated heterocycles. The lowest BCUT2D eigenvalue weighted by Crippen LogP contribution is -2.61. The largest absolute Gasteiger partial charge is 0.479 e. The maximum Gasteiger partial charge on any atom is 0.343 e. The highest BCUT2D eigenvalue weighted by atomic mass is 19.1. The minimum Gasteiger partial charge on any atom is -0.479 e. The number of pyridine rings is 2. The number of hydrogen-bond acceptors (Lipinski definition) is 16. The molecule has 1 amide bonds. The van der Waals surface area contributed by atoms with Crippen molar-refractivity contribution in [2.24, 2.45) is 5.92 Å². The number of benzene rings is 2. The van der Waals surface area contributed by atoms with E-state index in [1.165, 1.54) is 31.2 Å². The minimum absolute atomic E-state index is 0.0216. The number of Topliss-reactive ketones (excluding diaryl/α,β-unsaturated/α-hetero) is 1. The van der Waals surface area contributed by atoms with E-state index >= 15 is 4.39 Å². The van der Waals surface area contributed by atoms with Gasteiger partial charge >= 0.3 is 17.9 Å². The zero-order valence-corrected chi connectivity index (χ0v) is 40.7. The molecule has 8 rings (SSSR count). The monoisotopic (exact) mass is 1010 g/mol. The van der Waals surface area contributed by atoms with Gasteiger partial charge in [-0.3, -0.25) is 19.2 Å². The highest BCUT2D eigenvalue weighted by molar-refractivity contribution is 5.94. The Balaban J connectivity index is 0.958. The number of hydrogen-bond donors (Lipinski definition) is 5. The Bertz CT molecular complexity index is 2950. The number of carboxylic acids is 1. The summed E-state index contributed by atoms with van der Waals surface area (Å²) in [6.07, 6.45) is -0.938. The average molecular weight is 1010 g/mol. The number of aliphatic hydroxyl groups excluding tert-OH is 3. The van der Waals surface area contributed by atoms with Gasteiger partial charge in [-0.25, -0.2) is 19.0 Å². The van der Waals surface area contributed by atoms with Crippen molar-refractivity contribution < 1.29 is 77.2 Å². The van der Waals surface area contributed by atoms with E-state index in [1.54, 1.807) is 17.6 Å². The van der Waals surface area contributed by atoms with Crippen molar-refractivity contribution in [3.05, 3.63) is 85.4 Å². The molecule has 2 aromatic carbocycles. The van der Waals surface area contributed by atoms with Crippen molar-refractivity contribution >= 4 is 46.2 Å². The maximum absolute atomic E-state index is 15.2. The van der Waals surface area contributed by atoms with E-state index in [0.717, 1.165) is 41.3 Å². The van der Waals surface area contributed by atoms with Crippen LogP contribution in [0.1, 0.15) is 104 Å². The standard InChI is InChI=1S/C53H58FN3O16/c1-5-9-28(25-71-53(4)35-21-39-44-33(23-57(39)49(64)34(35)26-70-52(53)67)32-12-8-11-31-27(3)36(54)22-38(56-44)43(31)32)20-42(60)69-24-29-14-15-40(72-51-47(63)45(61)46(62)48(73-51)50(65)66)37(19-29)55-41(59)13-7-10-30(58)16-18-68-17-6-2/h2,14-15,19,21-22,28,45-48,51,61-63H,5,7-13,16-18,20,23-26H2,1,3-4H3,(H,55,59)(H,65,66)/t28?,45?,46-,47?,48?,51?,53-/m0/s1. The molecule has 5 heterocycles. The molecule has 7 atom stereocenters. The molecular formula is C53H58FN3O16. The van der Waals surface area contributed by atoms with Gasteiger partial charge in [0.25, 0.3) is 5.56 Å². The van der Waals surface area contributed by atoms with Crippen molar-refractivity contribution in [1.82, 2.24) is 9.55 Å². The number of aliphatic carboxylic acids is 1. The van der Waals surface area contributed by atoms with Crippen molar-refractivity contribution in [2.75, 3.05) is 25.1 Å². The van der Waals surface area contributed by atoms with Crippen LogP contribution in [-0.4, -0.2) is 110 Å². The number of esters is 2. The van der Waals surface area contributed by atoms with Crippen LogP contribution in [-0.2, 0) is 85.9 Å². The summed E-state index contributed by atoms with van der Waals surface area (Å²) < 4.78 is 50.6. The summed E-state index contributed by atoms with van der Waals surface area (Å²) in [5.74, 6) is -2.32. The molecule has 73 heavy (non-hydrogen) atoms. The summed E-state index contributed by atoms with van der Waals surface area (Å²) in [5, 5.41) is 44.3. The van der Waals surface area contributed by atoms with Crippen LogP contribution in [0.2, 0.25) is 0 Å². The van der Waals surface area contributed by atoms with Crippen molar-refractivity contribution in [1.29, 1.82) is 0 Å². The Hall–Kier alpha value is -6.60. The van der Waals surface area contributed by atoms with Crippen molar-refractivity contribution in [3.63, 3.8) is 0 Å². The molecule has 0 radical (unpaired) electrons. The normalized spacial score (nSPS) is 22.1. The predicted octanol–water partition coefficient (Wildman–Crippen LogP) is 4.19. The summed E-state index contributed by atoms with van der Waals surface area (Å²) in [6, 6.07) is 7.39. The average Bonchev–Trinajstić information content (AvgIpc) is 3.74. The Morgan fingerprint density at radius 2 is 1.81 bits per heavy atom. The number of terminal acetylenes is 1. The van der Waals surface area contributed by atoms with Gasteiger partial charge in [0.05, 0.1) is 54.3 Å². The molecule has 1 fully saturated rings. The lowest BCUT2D eigenvalue weighted by molar-refractivity contribution is -0.271. The highest BCUT2D eigenvalue weighted by Gasteiger charge is 2.49. The van der Waals surface area contributed by atoms with Crippen LogP contribution >= 0.6 is 0 Å². The van der Waals surface area contributed by atoms with Gasteiger partial charge in [-0.1, -0.05) is 25.3 Å². The first-order valence-corrected chi connectivity index (χ1v) is 24.4.